The van der Waals surface area contributed by atoms with Crippen molar-refractivity contribution in [1.29, 1.82) is 0 Å². The van der Waals surface area contributed by atoms with Crippen molar-refractivity contribution in [3.8, 4) is 0 Å². The summed E-state index contributed by atoms with van der Waals surface area (Å²) in [4.78, 5) is 12.6. The summed E-state index contributed by atoms with van der Waals surface area (Å²) in [5, 5.41) is 27.8. The van der Waals surface area contributed by atoms with Crippen LogP contribution in [0.15, 0.2) is 0 Å². The number of piperidine rings is 1. The van der Waals surface area contributed by atoms with Crippen LogP contribution < -0.4 is 0 Å². The van der Waals surface area contributed by atoms with Gasteiger partial charge in [0.1, 0.15) is 23.7 Å². The summed E-state index contributed by atoms with van der Waals surface area (Å²) in [5.41, 5.74) is 0. The Labute approximate surface area is 79.3 Å². The summed E-state index contributed by atoms with van der Waals surface area (Å²) < 4.78 is 0. The molecule has 4 atom stereocenters. The zero-order chi connectivity index (χ0) is 9.59. The summed E-state index contributed by atoms with van der Waals surface area (Å²) >= 11 is 1.30. The highest BCUT2D eigenvalue weighted by Gasteiger charge is 2.46. The second-order valence-corrected chi connectivity index (χ2v) is 4.40. The van der Waals surface area contributed by atoms with E-state index >= 15 is 0 Å². The molecule has 0 aromatic rings. The molecule has 1 amide bonds. The third-order valence-corrected chi connectivity index (χ3v) is 3.71. The Balaban J connectivity index is 2.18. The van der Waals surface area contributed by atoms with Crippen molar-refractivity contribution in [2.45, 2.75) is 23.7 Å². The number of carbonyl (C=O) groups excluding carboxylic acids is 1. The minimum absolute atomic E-state index is 0.0833. The van der Waals surface area contributed by atoms with Crippen molar-refractivity contribution in [3.05, 3.63) is 0 Å². The van der Waals surface area contributed by atoms with Gasteiger partial charge in [-0.15, -0.1) is 11.8 Å². The molecule has 0 aliphatic carbocycles. The lowest BCUT2D eigenvalue weighted by Gasteiger charge is -2.39. The Morgan fingerprint density at radius 2 is 2.00 bits per heavy atom. The van der Waals surface area contributed by atoms with Crippen LogP contribution in [0.3, 0.4) is 0 Å². The maximum atomic E-state index is 11.2. The molecule has 2 saturated heterocycles. The Hall–Kier alpha value is -0.300. The summed E-state index contributed by atoms with van der Waals surface area (Å²) in [5.74, 6) is 0.237. The maximum absolute atomic E-state index is 11.2. The number of hydrogen-bond donors (Lipinski definition) is 3. The molecular weight excluding hydrogens is 194 g/mol. The molecule has 0 unspecified atom stereocenters. The van der Waals surface area contributed by atoms with Gasteiger partial charge < -0.3 is 20.2 Å². The molecule has 2 fully saturated rings. The Kier molecular flexibility index (Phi) is 2.23. The molecule has 13 heavy (non-hydrogen) atoms. The van der Waals surface area contributed by atoms with Crippen molar-refractivity contribution in [3.63, 3.8) is 0 Å². The largest absolute Gasteiger partial charge is 0.388 e. The quantitative estimate of drug-likeness (QED) is 0.425. The number of nitrogens with zero attached hydrogens (tertiary/aromatic N) is 1. The van der Waals surface area contributed by atoms with Crippen molar-refractivity contribution in [1.82, 2.24) is 4.90 Å². The number of carbonyl (C=O) groups is 1. The summed E-state index contributed by atoms with van der Waals surface area (Å²) in [7, 11) is 0. The molecule has 3 N–H and O–H groups in total. The molecule has 0 bridgehead atoms. The predicted molar refractivity (Wildman–Crippen MR) is 46.0 cm³/mol. The average Bonchev–Trinajstić information content (AvgIpc) is 2.45. The van der Waals surface area contributed by atoms with Crippen LogP contribution in [0.4, 0.5) is 0 Å². The number of thioether (sulfide) groups is 1. The van der Waals surface area contributed by atoms with Crippen LogP contribution in [-0.2, 0) is 4.79 Å². The summed E-state index contributed by atoms with van der Waals surface area (Å²) in [6.45, 7) is 0.120. The van der Waals surface area contributed by atoms with Gasteiger partial charge in [-0.2, -0.15) is 0 Å². The molecule has 0 aromatic carbocycles. The van der Waals surface area contributed by atoms with Gasteiger partial charge in [-0.1, -0.05) is 0 Å². The van der Waals surface area contributed by atoms with E-state index in [9.17, 15) is 20.1 Å². The summed E-state index contributed by atoms with van der Waals surface area (Å²) in [6.07, 6.45) is -3.21. The number of fused-ring (bicyclic) bond motifs is 1. The Bertz CT molecular complexity index is 237. The number of hydrogen-bond acceptors (Lipinski definition) is 5. The van der Waals surface area contributed by atoms with Crippen LogP contribution in [0.1, 0.15) is 0 Å². The van der Waals surface area contributed by atoms with E-state index in [1.54, 1.807) is 0 Å². The van der Waals surface area contributed by atoms with Gasteiger partial charge in [-0.3, -0.25) is 4.79 Å². The second kappa shape index (κ2) is 3.13. The molecule has 2 aliphatic rings. The molecule has 5 nitrogen and oxygen atoms in total. The highest BCUT2D eigenvalue weighted by Crippen LogP contribution is 2.32. The average molecular weight is 205 g/mol. The molecule has 0 aromatic heterocycles. The molecule has 2 rings (SSSR count). The number of amides is 1. The van der Waals surface area contributed by atoms with Gasteiger partial charge in [0.15, 0.2) is 0 Å². The van der Waals surface area contributed by atoms with E-state index in [1.807, 2.05) is 0 Å². The molecule has 2 heterocycles. The van der Waals surface area contributed by atoms with Crippen LogP contribution in [0.2, 0.25) is 0 Å². The highest BCUT2D eigenvalue weighted by atomic mass is 32.2. The first-order chi connectivity index (χ1) is 6.11. The fourth-order valence-electron chi connectivity index (χ4n) is 1.67. The van der Waals surface area contributed by atoms with E-state index in [2.05, 4.69) is 0 Å². The fourth-order valence-corrected chi connectivity index (χ4v) is 2.89. The van der Waals surface area contributed by atoms with Gasteiger partial charge >= 0.3 is 0 Å². The number of aliphatic hydroxyl groups excluding tert-OH is 3. The maximum Gasteiger partial charge on any atom is 0.233 e. The van der Waals surface area contributed by atoms with Crippen molar-refractivity contribution < 1.29 is 20.1 Å². The monoisotopic (exact) mass is 205 g/mol. The minimum atomic E-state index is -1.14. The van der Waals surface area contributed by atoms with Gasteiger partial charge in [0.2, 0.25) is 5.91 Å². The fraction of sp³-hybridized carbons (Fsp3) is 0.857. The molecule has 0 saturated carbocycles. The molecule has 2 aliphatic heterocycles. The lowest BCUT2D eigenvalue weighted by molar-refractivity contribution is -0.147. The van der Waals surface area contributed by atoms with Crippen LogP contribution in [0.5, 0.6) is 0 Å². The third kappa shape index (κ3) is 1.34. The van der Waals surface area contributed by atoms with Gasteiger partial charge in [-0.05, 0) is 0 Å². The highest BCUT2D eigenvalue weighted by molar-refractivity contribution is 8.01. The van der Waals surface area contributed by atoms with Gasteiger partial charge in [0.25, 0.3) is 0 Å². The molecule has 74 valence electrons. The lowest BCUT2D eigenvalue weighted by atomic mass is 10.0. The normalized spacial score (nSPS) is 45.2. The first-order valence-corrected chi connectivity index (χ1v) is 5.11. The van der Waals surface area contributed by atoms with E-state index in [1.165, 1.54) is 16.7 Å². The van der Waals surface area contributed by atoms with Crippen molar-refractivity contribution >= 4 is 17.7 Å². The smallest absolute Gasteiger partial charge is 0.233 e. The van der Waals surface area contributed by atoms with Crippen LogP contribution in [0.25, 0.3) is 0 Å². The molecular formula is C7H11NO4S. The Morgan fingerprint density at radius 3 is 2.69 bits per heavy atom. The minimum Gasteiger partial charge on any atom is -0.388 e. The van der Waals surface area contributed by atoms with Crippen LogP contribution >= 0.6 is 11.8 Å². The van der Waals surface area contributed by atoms with E-state index < -0.39 is 18.3 Å². The van der Waals surface area contributed by atoms with Gasteiger partial charge in [-0.25, -0.2) is 0 Å². The predicted octanol–water partition coefficient (Wildman–Crippen LogP) is -2.02. The first-order valence-electron chi connectivity index (χ1n) is 4.06. The van der Waals surface area contributed by atoms with E-state index in [-0.39, 0.29) is 17.8 Å². The van der Waals surface area contributed by atoms with Crippen molar-refractivity contribution in [2.24, 2.45) is 0 Å². The zero-order valence-electron chi connectivity index (χ0n) is 6.83. The zero-order valence-corrected chi connectivity index (χ0v) is 7.65. The lowest BCUT2D eigenvalue weighted by Crippen LogP contribution is -2.59. The molecule has 6 heteroatoms. The topological polar surface area (TPSA) is 81.0 Å². The first kappa shape index (κ1) is 9.26. The van der Waals surface area contributed by atoms with E-state index in [4.69, 9.17) is 0 Å². The standard InChI is InChI=1S/C7H11NO4S/c9-3-1-8-4(10)2-13-7(8)6(12)5(3)11/h3,5-7,9,11-12H,1-2H2/t3-,5+,6+,7-/m1/s1. The molecule has 0 radical (unpaired) electrons. The number of aliphatic hydroxyl groups is 3. The van der Waals surface area contributed by atoms with E-state index in [0.717, 1.165) is 0 Å². The second-order valence-electron chi connectivity index (χ2n) is 3.30. The summed E-state index contributed by atoms with van der Waals surface area (Å²) in [6, 6.07) is 0. The van der Waals surface area contributed by atoms with Gasteiger partial charge in [0, 0.05) is 0 Å². The SMILES string of the molecule is O=C1CS[C@@H]2[C@@H](O)[C@@H](O)[C@H](O)CN12. The van der Waals surface area contributed by atoms with Crippen molar-refractivity contribution in [2.75, 3.05) is 12.3 Å². The van der Waals surface area contributed by atoms with Crippen LogP contribution in [0, 0.1) is 0 Å². The van der Waals surface area contributed by atoms with E-state index in [0.29, 0.717) is 5.75 Å². The van der Waals surface area contributed by atoms with Crippen LogP contribution in [-0.4, -0.2) is 62.1 Å². The van der Waals surface area contributed by atoms with Gasteiger partial charge in [0.05, 0.1) is 12.3 Å². The Morgan fingerprint density at radius 1 is 1.31 bits per heavy atom. The third-order valence-electron chi connectivity index (χ3n) is 2.43. The number of rotatable bonds is 0. The molecule has 0 spiro atoms.